The molecule has 0 N–H and O–H groups in total. The molecule has 22 heavy (non-hydrogen) atoms. The van der Waals surface area contributed by atoms with Crippen molar-refractivity contribution in [1.82, 2.24) is 14.8 Å². The summed E-state index contributed by atoms with van der Waals surface area (Å²) in [7, 11) is 0. The summed E-state index contributed by atoms with van der Waals surface area (Å²) in [5, 5.41) is 10.6. The van der Waals surface area contributed by atoms with E-state index in [0.717, 1.165) is 32.7 Å². The molecule has 0 atom stereocenters. The Morgan fingerprint density at radius 3 is 2.95 bits per heavy atom. The van der Waals surface area contributed by atoms with Gasteiger partial charge >= 0.3 is 0 Å². The van der Waals surface area contributed by atoms with E-state index >= 15 is 0 Å². The molecule has 0 fully saturated rings. The molecule has 3 heterocycles. The summed E-state index contributed by atoms with van der Waals surface area (Å²) in [6, 6.07) is 12.0. The highest BCUT2D eigenvalue weighted by Gasteiger charge is 2.10. The summed E-state index contributed by atoms with van der Waals surface area (Å²) in [4.78, 5) is 4.47. The molecule has 0 aliphatic carbocycles. The smallest absolute Gasteiger partial charge is 0.0931 e. The van der Waals surface area contributed by atoms with Crippen molar-refractivity contribution in [1.29, 1.82) is 0 Å². The molecule has 1 aromatic carbocycles. The minimum absolute atomic E-state index is 0.608. The van der Waals surface area contributed by atoms with Crippen LogP contribution >= 0.6 is 22.9 Å². The first kappa shape index (κ1) is 13.5. The minimum atomic E-state index is 0.608. The van der Waals surface area contributed by atoms with Crippen molar-refractivity contribution in [3.05, 3.63) is 70.1 Å². The zero-order chi connectivity index (χ0) is 14.9. The Bertz CT molecular complexity index is 928. The maximum absolute atomic E-state index is 6.38. The molecule has 3 aromatic heterocycles. The van der Waals surface area contributed by atoms with E-state index in [4.69, 9.17) is 11.6 Å². The second-order valence-corrected chi connectivity index (χ2v) is 6.20. The molecule has 0 aliphatic heterocycles. The van der Waals surface area contributed by atoms with E-state index in [1.165, 1.54) is 0 Å². The van der Waals surface area contributed by atoms with Crippen molar-refractivity contribution < 1.29 is 0 Å². The van der Waals surface area contributed by atoms with Crippen LogP contribution < -0.4 is 0 Å². The Kier molecular flexibility index (Phi) is 3.41. The van der Waals surface area contributed by atoms with Crippen LogP contribution in [0.1, 0.15) is 5.56 Å². The van der Waals surface area contributed by atoms with Crippen LogP contribution in [-0.4, -0.2) is 14.8 Å². The lowest BCUT2D eigenvalue weighted by Crippen LogP contribution is -2.02. The van der Waals surface area contributed by atoms with Crippen LogP contribution in [0.4, 0.5) is 0 Å². The van der Waals surface area contributed by atoms with E-state index in [0.29, 0.717) is 6.54 Å². The third-order valence-electron chi connectivity index (χ3n) is 3.60. The molecule has 5 heteroatoms. The monoisotopic (exact) mass is 325 g/mol. The fraction of sp³-hybridized carbons (Fsp3) is 0.0588. The second-order valence-electron chi connectivity index (χ2n) is 5.01. The summed E-state index contributed by atoms with van der Waals surface area (Å²) in [6.07, 6.45) is 3.77. The first-order valence-electron chi connectivity index (χ1n) is 6.89. The fourth-order valence-corrected chi connectivity index (χ4v) is 3.37. The molecule has 0 unspecified atom stereocenters. The summed E-state index contributed by atoms with van der Waals surface area (Å²) in [6.45, 7) is 0.608. The molecule has 3 nitrogen and oxygen atoms in total. The van der Waals surface area contributed by atoms with Gasteiger partial charge in [-0.2, -0.15) is 16.4 Å². The van der Waals surface area contributed by atoms with E-state index in [1.807, 2.05) is 41.2 Å². The van der Waals surface area contributed by atoms with Crippen LogP contribution in [-0.2, 0) is 6.54 Å². The van der Waals surface area contributed by atoms with E-state index in [1.54, 1.807) is 17.5 Å². The number of nitrogens with zero attached hydrogens (tertiary/aromatic N) is 3. The molecule has 0 saturated carbocycles. The van der Waals surface area contributed by atoms with Gasteiger partial charge in [0.05, 0.1) is 17.8 Å². The van der Waals surface area contributed by atoms with E-state index in [2.05, 4.69) is 26.9 Å². The van der Waals surface area contributed by atoms with Crippen molar-refractivity contribution >= 4 is 33.8 Å². The van der Waals surface area contributed by atoms with Crippen LogP contribution in [0.25, 0.3) is 22.2 Å². The van der Waals surface area contributed by atoms with Crippen molar-refractivity contribution in [2.75, 3.05) is 0 Å². The number of hydrogen-bond donors (Lipinski definition) is 0. The number of rotatable bonds is 3. The fourth-order valence-electron chi connectivity index (χ4n) is 2.51. The third-order valence-corrected chi connectivity index (χ3v) is 4.64. The van der Waals surface area contributed by atoms with Crippen molar-refractivity contribution in [2.24, 2.45) is 0 Å². The average molecular weight is 326 g/mol. The molecule has 0 bridgehead atoms. The van der Waals surface area contributed by atoms with Crippen LogP contribution in [0, 0.1) is 0 Å². The van der Waals surface area contributed by atoms with Gasteiger partial charge in [-0.3, -0.25) is 9.67 Å². The van der Waals surface area contributed by atoms with Gasteiger partial charge in [-0.25, -0.2) is 0 Å². The Morgan fingerprint density at radius 2 is 2.09 bits per heavy atom. The molecule has 0 saturated heterocycles. The average Bonchev–Trinajstić information content (AvgIpc) is 3.21. The summed E-state index contributed by atoms with van der Waals surface area (Å²) in [5.74, 6) is 0. The lowest BCUT2D eigenvalue weighted by molar-refractivity contribution is 0.692. The molecule has 0 aliphatic rings. The molecule has 108 valence electrons. The van der Waals surface area contributed by atoms with Gasteiger partial charge in [0.1, 0.15) is 0 Å². The molecule has 4 aromatic rings. The molecule has 0 amide bonds. The number of fused-ring (bicyclic) bond motifs is 1. The Balaban J connectivity index is 1.74. The number of benzene rings is 1. The Morgan fingerprint density at radius 1 is 1.14 bits per heavy atom. The lowest BCUT2D eigenvalue weighted by atomic mass is 10.1. The standard InChI is InChI=1S/C17H12ClN3S/c18-15-4-3-12-2-1-7-19-17(12)14(15)10-21-8-5-16(20-21)13-6-9-22-11-13/h1-9,11H,10H2. The Labute approximate surface area is 136 Å². The quantitative estimate of drug-likeness (QED) is 0.538. The summed E-state index contributed by atoms with van der Waals surface area (Å²) in [5.41, 5.74) is 4.05. The first-order chi connectivity index (χ1) is 10.8. The number of thiophene rings is 1. The zero-order valence-corrected chi connectivity index (χ0v) is 13.2. The van der Waals surface area contributed by atoms with Crippen LogP contribution in [0.3, 0.4) is 0 Å². The highest BCUT2D eigenvalue weighted by Crippen LogP contribution is 2.26. The topological polar surface area (TPSA) is 30.7 Å². The number of hydrogen-bond acceptors (Lipinski definition) is 3. The Hall–Kier alpha value is -2.17. The van der Waals surface area contributed by atoms with E-state index in [-0.39, 0.29) is 0 Å². The zero-order valence-electron chi connectivity index (χ0n) is 11.6. The minimum Gasteiger partial charge on any atom is -0.268 e. The SMILES string of the molecule is Clc1ccc2cccnc2c1Cn1ccc(-c2ccsc2)n1. The van der Waals surface area contributed by atoms with Gasteiger partial charge in [-0.15, -0.1) is 0 Å². The molecule has 4 rings (SSSR count). The van der Waals surface area contributed by atoms with Gasteiger partial charge in [-0.1, -0.05) is 23.7 Å². The highest BCUT2D eigenvalue weighted by molar-refractivity contribution is 7.08. The maximum Gasteiger partial charge on any atom is 0.0931 e. The third kappa shape index (κ3) is 2.40. The summed E-state index contributed by atoms with van der Waals surface area (Å²) < 4.78 is 1.91. The molecular weight excluding hydrogens is 314 g/mol. The van der Waals surface area contributed by atoms with Crippen LogP contribution in [0.2, 0.25) is 5.02 Å². The number of halogens is 1. The van der Waals surface area contributed by atoms with Gasteiger partial charge in [0.2, 0.25) is 0 Å². The molecule has 0 spiro atoms. The summed E-state index contributed by atoms with van der Waals surface area (Å²) >= 11 is 8.05. The maximum atomic E-state index is 6.38. The first-order valence-corrected chi connectivity index (χ1v) is 8.21. The number of pyridine rings is 1. The van der Waals surface area contributed by atoms with Crippen LogP contribution in [0.5, 0.6) is 0 Å². The van der Waals surface area contributed by atoms with E-state index in [9.17, 15) is 0 Å². The number of aromatic nitrogens is 3. The predicted molar refractivity (Wildman–Crippen MR) is 91.4 cm³/mol. The van der Waals surface area contributed by atoms with Crippen molar-refractivity contribution in [3.8, 4) is 11.3 Å². The molecular formula is C17H12ClN3S. The van der Waals surface area contributed by atoms with Gasteiger partial charge in [-0.05, 0) is 29.6 Å². The second kappa shape index (κ2) is 5.55. The predicted octanol–water partition coefficient (Wildman–Crippen LogP) is 4.86. The van der Waals surface area contributed by atoms with E-state index < -0.39 is 0 Å². The largest absolute Gasteiger partial charge is 0.268 e. The van der Waals surface area contributed by atoms with Gasteiger partial charge in [0.15, 0.2) is 0 Å². The normalized spacial score (nSPS) is 11.1. The van der Waals surface area contributed by atoms with Crippen molar-refractivity contribution in [3.63, 3.8) is 0 Å². The van der Waals surface area contributed by atoms with Gasteiger partial charge in [0.25, 0.3) is 0 Å². The lowest BCUT2D eigenvalue weighted by Gasteiger charge is -2.08. The van der Waals surface area contributed by atoms with Crippen LogP contribution in [0.15, 0.2) is 59.6 Å². The highest BCUT2D eigenvalue weighted by atomic mass is 35.5. The van der Waals surface area contributed by atoms with Gasteiger partial charge < -0.3 is 0 Å². The molecule has 0 radical (unpaired) electrons. The van der Waals surface area contributed by atoms with Crippen molar-refractivity contribution in [2.45, 2.75) is 6.54 Å². The van der Waals surface area contributed by atoms with Gasteiger partial charge in [0, 0.05) is 39.3 Å².